The van der Waals surface area contributed by atoms with E-state index in [0.717, 1.165) is 12.5 Å². The van der Waals surface area contributed by atoms with Gasteiger partial charge in [-0.2, -0.15) is 0 Å². The van der Waals surface area contributed by atoms with E-state index >= 15 is 0 Å². The second-order valence-corrected chi connectivity index (χ2v) is 2.59. The van der Waals surface area contributed by atoms with Crippen molar-refractivity contribution in [1.29, 1.82) is 0 Å². The summed E-state index contributed by atoms with van der Waals surface area (Å²) in [5, 5.41) is 16.2. The van der Waals surface area contributed by atoms with E-state index in [1.54, 1.807) is 24.3 Å². The second-order valence-electron chi connectivity index (χ2n) is 2.32. The normalized spacial score (nSPS) is 8.46. The van der Waals surface area contributed by atoms with Crippen LogP contribution in [0.5, 0.6) is 5.75 Å². The van der Waals surface area contributed by atoms with Crippen molar-refractivity contribution in [3.63, 3.8) is 0 Å². The van der Waals surface area contributed by atoms with Gasteiger partial charge in [-0.3, -0.25) is 4.79 Å². The van der Waals surface area contributed by atoms with Gasteiger partial charge in [0.25, 0.3) is 5.97 Å². The third-order valence-corrected chi connectivity index (χ3v) is 1.40. The molecular formula is C9H11ClO3. The lowest BCUT2D eigenvalue weighted by atomic mass is 10.2. The molecule has 0 aliphatic rings. The molecule has 3 nitrogen and oxygen atoms in total. The van der Waals surface area contributed by atoms with Gasteiger partial charge in [-0.05, 0) is 17.7 Å². The molecule has 1 aromatic rings. The topological polar surface area (TPSA) is 57.5 Å². The molecule has 0 saturated carbocycles. The fourth-order valence-corrected chi connectivity index (χ4v) is 0.763. The molecule has 72 valence electrons. The molecule has 0 unspecified atom stereocenters. The van der Waals surface area contributed by atoms with E-state index in [4.69, 9.17) is 26.6 Å². The molecule has 0 fully saturated rings. The number of phenols is 1. The Hall–Kier alpha value is -1.22. The summed E-state index contributed by atoms with van der Waals surface area (Å²) >= 11 is 5.50. The van der Waals surface area contributed by atoms with Gasteiger partial charge in [0.1, 0.15) is 5.75 Å². The number of phenolic OH excluding ortho intramolecular Hbond substituents is 1. The average molecular weight is 203 g/mol. The molecule has 0 aromatic heterocycles. The molecule has 0 amide bonds. The van der Waals surface area contributed by atoms with Gasteiger partial charge in [-0.1, -0.05) is 12.1 Å². The Morgan fingerprint density at radius 2 is 1.77 bits per heavy atom. The standard InChI is InChI=1S/C7H7ClO.C2H4O2/c8-5-6-1-3-7(9)4-2-6;1-2(3)4/h1-4,9H,5H2;1H3,(H,3,4). The van der Waals surface area contributed by atoms with Gasteiger partial charge in [-0.25, -0.2) is 0 Å². The predicted molar refractivity (Wildman–Crippen MR) is 51.0 cm³/mol. The van der Waals surface area contributed by atoms with Crippen LogP contribution in [0.15, 0.2) is 24.3 Å². The Kier molecular flexibility index (Phi) is 5.72. The summed E-state index contributed by atoms with van der Waals surface area (Å²) in [4.78, 5) is 9.00. The number of aromatic hydroxyl groups is 1. The predicted octanol–water partition coefficient (Wildman–Crippen LogP) is 2.22. The van der Waals surface area contributed by atoms with Crippen molar-refractivity contribution in [1.82, 2.24) is 0 Å². The Bertz CT molecular complexity index is 252. The van der Waals surface area contributed by atoms with Gasteiger partial charge in [0.2, 0.25) is 0 Å². The summed E-state index contributed by atoms with van der Waals surface area (Å²) in [6, 6.07) is 6.83. The lowest BCUT2D eigenvalue weighted by Crippen LogP contribution is -1.78. The minimum absolute atomic E-state index is 0.281. The first kappa shape index (κ1) is 11.8. The zero-order valence-corrected chi connectivity index (χ0v) is 7.95. The largest absolute Gasteiger partial charge is 0.508 e. The van der Waals surface area contributed by atoms with Crippen LogP contribution in [0.2, 0.25) is 0 Å². The molecule has 0 aliphatic heterocycles. The quantitative estimate of drug-likeness (QED) is 0.687. The summed E-state index contributed by atoms with van der Waals surface area (Å²) in [7, 11) is 0. The van der Waals surface area contributed by atoms with Crippen molar-refractivity contribution in [2.75, 3.05) is 0 Å². The Balaban J connectivity index is 0.000000310. The van der Waals surface area contributed by atoms with Crippen molar-refractivity contribution < 1.29 is 15.0 Å². The molecule has 2 N–H and O–H groups in total. The fraction of sp³-hybridized carbons (Fsp3) is 0.222. The highest BCUT2D eigenvalue weighted by molar-refractivity contribution is 6.17. The number of carboxylic acid groups (broad SMARTS) is 1. The zero-order valence-electron chi connectivity index (χ0n) is 7.20. The number of benzene rings is 1. The molecule has 0 radical (unpaired) electrons. The minimum atomic E-state index is -0.833. The monoisotopic (exact) mass is 202 g/mol. The number of carboxylic acids is 1. The van der Waals surface area contributed by atoms with Crippen LogP contribution in [0.1, 0.15) is 12.5 Å². The number of carbonyl (C=O) groups is 1. The van der Waals surface area contributed by atoms with Crippen molar-refractivity contribution in [2.45, 2.75) is 12.8 Å². The molecule has 1 aromatic carbocycles. The highest BCUT2D eigenvalue weighted by Gasteiger charge is 1.87. The summed E-state index contributed by atoms with van der Waals surface area (Å²) < 4.78 is 0. The van der Waals surface area contributed by atoms with E-state index in [1.807, 2.05) is 0 Å². The molecule has 0 aliphatic carbocycles. The molecule has 0 heterocycles. The van der Waals surface area contributed by atoms with Crippen molar-refractivity contribution in [3.05, 3.63) is 29.8 Å². The number of halogens is 1. The van der Waals surface area contributed by atoms with Crippen LogP contribution in [0.4, 0.5) is 0 Å². The maximum atomic E-state index is 9.00. The van der Waals surface area contributed by atoms with E-state index in [9.17, 15) is 0 Å². The summed E-state index contributed by atoms with van der Waals surface area (Å²) in [5.74, 6) is -0.0517. The van der Waals surface area contributed by atoms with Crippen molar-refractivity contribution >= 4 is 17.6 Å². The molecule has 0 spiro atoms. The zero-order chi connectivity index (χ0) is 10.3. The first-order chi connectivity index (χ1) is 6.06. The highest BCUT2D eigenvalue weighted by atomic mass is 35.5. The van der Waals surface area contributed by atoms with Crippen LogP contribution < -0.4 is 0 Å². The van der Waals surface area contributed by atoms with Gasteiger partial charge >= 0.3 is 0 Å². The Morgan fingerprint density at radius 3 is 2.08 bits per heavy atom. The molecule has 1 rings (SSSR count). The lowest BCUT2D eigenvalue weighted by Gasteiger charge is -1.92. The molecular weight excluding hydrogens is 192 g/mol. The van der Waals surface area contributed by atoms with Crippen molar-refractivity contribution in [2.24, 2.45) is 0 Å². The smallest absolute Gasteiger partial charge is 0.300 e. The van der Waals surface area contributed by atoms with E-state index in [2.05, 4.69) is 0 Å². The average Bonchev–Trinajstić information content (AvgIpc) is 2.05. The van der Waals surface area contributed by atoms with Crippen LogP contribution in [-0.4, -0.2) is 16.2 Å². The first-order valence-corrected chi connectivity index (χ1v) is 4.13. The number of rotatable bonds is 1. The Morgan fingerprint density at radius 1 is 1.38 bits per heavy atom. The molecule has 0 saturated heterocycles. The van der Waals surface area contributed by atoms with E-state index in [0.29, 0.717) is 5.88 Å². The molecule has 0 atom stereocenters. The van der Waals surface area contributed by atoms with Crippen LogP contribution >= 0.6 is 11.6 Å². The summed E-state index contributed by atoms with van der Waals surface area (Å²) in [6.45, 7) is 1.08. The number of hydrogen-bond acceptors (Lipinski definition) is 2. The van der Waals surface area contributed by atoms with Crippen LogP contribution in [0, 0.1) is 0 Å². The van der Waals surface area contributed by atoms with Gasteiger partial charge in [-0.15, -0.1) is 11.6 Å². The molecule has 0 bridgehead atoms. The van der Waals surface area contributed by atoms with E-state index in [1.165, 1.54) is 0 Å². The van der Waals surface area contributed by atoms with Gasteiger partial charge < -0.3 is 10.2 Å². The van der Waals surface area contributed by atoms with E-state index in [-0.39, 0.29) is 5.75 Å². The van der Waals surface area contributed by atoms with Crippen LogP contribution in [0.25, 0.3) is 0 Å². The number of alkyl halides is 1. The second kappa shape index (κ2) is 6.31. The Labute approximate surface area is 81.6 Å². The first-order valence-electron chi connectivity index (χ1n) is 3.59. The van der Waals surface area contributed by atoms with Gasteiger partial charge in [0.15, 0.2) is 0 Å². The van der Waals surface area contributed by atoms with E-state index < -0.39 is 5.97 Å². The van der Waals surface area contributed by atoms with Gasteiger partial charge in [0, 0.05) is 12.8 Å². The third-order valence-electron chi connectivity index (χ3n) is 1.09. The SMILES string of the molecule is CC(=O)O.Oc1ccc(CCl)cc1. The maximum Gasteiger partial charge on any atom is 0.300 e. The van der Waals surface area contributed by atoms with Crippen LogP contribution in [0.3, 0.4) is 0 Å². The summed E-state index contributed by atoms with van der Waals surface area (Å²) in [5.41, 5.74) is 1.02. The highest BCUT2D eigenvalue weighted by Crippen LogP contribution is 2.10. The number of hydrogen-bond donors (Lipinski definition) is 2. The fourth-order valence-electron chi connectivity index (χ4n) is 0.585. The third kappa shape index (κ3) is 7.15. The van der Waals surface area contributed by atoms with Gasteiger partial charge in [0.05, 0.1) is 0 Å². The molecule has 13 heavy (non-hydrogen) atoms. The maximum absolute atomic E-state index is 9.00. The number of aliphatic carboxylic acids is 1. The van der Waals surface area contributed by atoms with Crippen molar-refractivity contribution in [3.8, 4) is 5.75 Å². The molecule has 4 heteroatoms. The lowest BCUT2D eigenvalue weighted by molar-refractivity contribution is -0.134. The summed E-state index contributed by atoms with van der Waals surface area (Å²) in [6.07, 6.45) is 0. The minimum Gasteiger partial charge on any atom is -0.508 e. The van der Waals surface area contributed by atoms with Crippen LogP contribution in [-0.2, 0) is 10.7 Å².